The fraction of sp³-hybridized carbons (Fsp3) is 0. The molecule has 5 nitrogen and oxygen atoms in total. The summed E-state index contributed by atoms with van der Waals surface area (Å²) in [5.41, 5.74) is 1.09. The highest BCUT2D eigenvalue weighted by Crippen LogP contribution is 2.39. The number of benzene rings is 2. The van der Waals surface area contributed by atoms with Gasteiger partial charge in [0.2, 0.25) is 11.1 Å². The summed E-state index contributed by atoms with van der Waals surface area (Å²) in [6, 6.07) is 11.5. The molecule has 0 atom stereocenters. The Bertz CT molecular complexity index is 1260. The summed E-state index contributed by atoms with van der Waals surface area (Å²) in [7, 11) is 0. The van der Waals surface area contributed by atoms with Crippen LogP contribution in [0.4, 0.5) is 10.1 Å². The zero-order valence-corrected chi connectivity index (χ0v) is 19.1. The maximum absolute atomic E-state index is 13.8. The summed E-state index contributed by atoms with van der Waals surface area (Å²) in [4.78, 5) is 22.0. The Labute approximate surface area is 200 Å². The molecule has 1 amide bonds. The quantitative estimate of drug-likeness (QED) is 0.218. The average molecular weight is 513 g/mol. The van der Waals surface area contributed by atoms with Gasteiger partial charge in [-0.1, -0.05) is 59.3 Å². The van der Waals surface area contributed by atoms with Crippen LogP contribution in [0.5, 0.6) is 11.6 Å². The van der Waals surface area contributed by atoms with Gasteiger partial charge in [0.05, 0.1) is 21.8 Å². The van der Waals surface area contributed by atoms with Crippen LogP contribution in [0.2, 0.25) is 15.3 Å². The molecule has 2 heterocycles. The van der Waals surface area contributed by atoms with E-state index in [9.17, 15) is 9.18 Å². The number of ether oxygens (including phenoxy) is 1. The third-order valence-electron chi connectivity index (χ3n) is 4.00. The third kappa shape index (κ3) is 4.83. The van der Waals surface area contributed by atoms with Crippen molar-refractivity contribution in [1.82, 2.24) is 9.97 Å². The van der Waals surface area contributed by atoms with Crippen LogP contribution in [-0.2, 0) is 4.79 Å². The van der Waals surface area contributed by atoms with Gasteiger partial charge >= 0.3 is 0 Å². The molecule has 0 N–H and O–H groups in total. The number of halogens is 4. The Morgan fingerprint density at radius 3 is 2.74 bits per heavy atom. The molecule has 0 radical (unpaired) electrons. The van der Waals surface area contributed by atoms with Gasteiger partial charge in [0.1, 0.15) is 5.75 Å². The highest BCUT2D eigenvalue weighted by atomic mass is 35.5. The first-order valence-corrected chi connectivity index (χ1v) is 10.9. The van der Waals surface area contributed by atoms with Gasteiger partial charge in [0, 0.05) is 5.02 Å². The molecular weight excluding hydrogens is 504 g/mol. The van der Waals surface area contributed by atoms with E-state index in [0.29, 0.717) is 36.3 Å². The third-order valence-corrected chi connectivity index (χ3v) is 6.02. The summed E-state index contributed by atoms with van der Waals surface area (Å²) in [5, 5.41) is 0.621. The van der Waals surface area contributed by atoms with Crippen LogP contribution in [-0.4, -0.2) is 20.2 Å². The molecule has 31 heavy (non-hydrogen) atoms. The number of thioether (sulfide) groups is 1. The molecule has 1 fully saturated rings. The van der Waals surface area contributed by atoms with E-state index in [2.05, 4.69) is 9.97 Å². The standard InChI is InChI=1S/C20H9Cl3FN3O2S2/c21-11-4-5-15(13(22)8-11)27-18(28)16(31-20(27)30)7-10-2-1-3-12(6-10)29-17-14(24)9-25-19(23)26-17/h1-9H/b16-7-. The van der Waals surface area contributed by atoms with Crippen molar-refractivity contribution >= 4 is 80.8 Å². The molecule has 11 heteroatoms. The second kappa shape index (κ2) is 9.10. The van der Waals surface area contributed by atoms with Gasteiger partial charge in [-0.25, -0.2) is 4.98 Å². The Balaban J connectivity index is 1.60. The zero-order valence-electron chi connectivity index (χ0n) is 15.2. The van der Waals surface area contributed by atoms with Crippen LogP contribution in [0.25, 0.3) is 6.08 Å². The summed E-state index contributed by atoms with van der Waals surface area (Å²) < 4.78 is 19.6. The van der Waals surface area contributed by atoms with Gasteiger partial charge in [-0.05, 0) is 53.6 Å². The smallest absolute Gasteiger partial charge is 0.270 e. The Kier molecular flexibility index (Phi) is 6.45. The first-order chi connectivity index (χ1) is 14.8. The Morgan fingerprint density at radius 1 is 1.16 bits per heavy atom. The first kappa shape index (κ1) is 22.0. The average Bonchev–Trinajstić information content (AvgIpc) is 2.98. The second-order valence-corrected chi connectivity index (χ2v) is 8.94. The fourth-order valence-corrected chi connectivity index (χ4v) is 4.58. The molecule has 0 spiro atoms. The maximum Gasteiger partial charge on any atom is 0.270 e. The van der Waals surface area contributed by atoms with Crippen molar-refractivity contribution in [2.45, 2.75) is 0 Å². The lowest BCUT2D eigenvalue weighted by atomic mass is 10.2. The molecule has 1 saturated heterocycles. The number of amides is 1. The maximum atomic E-state index is 13.8. The number of rotatable bonds is 4. The SMILES string of the molecule is O=C1/C(=C/c2cccc(Oc3nc(Cl)ncc3F)c2)SC(=S)N1c1ccc(Cl)cc1Cl. The number of hydrogen-bond acceptors (Lipinski definition) is 6. The number of hydrogen-bond donors (Lipinski definition) is 0. The molecule has 0 unspecified atom stereocenters. The molecule has 2 aromatic carbocycles. The highest BCUT2D eigenvalue weighted by molar-refractivity contribution is 8.27. The summed E-state index contributed by atoms with van der Waals surface area (Å²) >= 11 is 24.4. The number of aromatic nitrogens is 2. The number of thiocarbonyl (C=S) groups is 1. The van der Waals surface area contributed by atoms with Crippen LogP contribution in [0, 0.1) is 5.82 Å². The predicted octanol–water partition coefficient (Wildman–Crippen LogP) is 6.77. The number of carbonyl (C=O) groups excluding carboxylic acids is 1. The van der Waals surface area contributed by atoms with Crippen molar-refractivity contribution < 1.29 is 13.9 Å². The first-order valence-electron chi connectivity index (χ1n) is 8.51. The van der Waals surface area contributed by atoms with Gasteiger partial charge < -0.3 is 4.74 Å². The van der Waals surface area contributed by atoms with Gasteiger partial charge in [-0.2, -0.15) is 9.37 Å². The van der Waals surface area contributed by atoms with E-state index in [1.54, 1.807) is 48.5 Å². The molecule has 156 valence electrons. The molecule has 1 aliphatic rings. The van der Waals surface area contributed by atoms with Gasteiger partial charge in [0.15, 0.2) is 4.32 Å². The lowest BCUT2D eigenvalue weighted by Gasteiger charge is -2.16. The van der Waals surface area contributed by atoms with E-state index in [1.807, 2.05) is 0 Å². The van der Waals surface area contributed by atoms with E-state index in [0.717, 1.165) is 18.0 Å². The number of anilines is 1. The van der Waals surface area contributed by atoms with Gasteiger partial charge in [0.25, 0.3) is 11.8 Å². The lowest BCUT2D eigenvalue weighted by Crippen LogP contribution is -2.27. The molecule has 4 rings (SSSR count). The van der Waals surface area contributed by atoms with E-state index in [1.165, 1.54) is 4.90 Å². The molecule has 1 aliphatic heterocycles. The minimum Gasteiger partial charge on any atom is -0.436 e. The molecule has 3 aromatic rings. The lowest BCUT2D eigenvalue weighted by molar-refractivity contribution is -0.113. The van der Waals surface area contributed by atoms with Crippen molar-refractivity contribution in [3.63, 3.8) is 0 Å². The van der Waals surface area contributed by atoms with Crippen molar-refractivity contribution in [3.05, 3.63) is 80.3 Å². The minimum atomic E-state index is -0.754. The van der Waals surface area contributed by atoms with Crippen molar-refractivity contribution in [1.29, 1.82) is 0 Å². The Hall–Kier alpha value is -2.23. The monoisotopic (exact) mass is 511 g/mol. The topological polar surface area (TPSA) is 55.3 Å². The van der Waals surface area contributed by atoms with Gasteiger partial charge in [-0.3, -0.25) is 9.69 Å². The number of carbonyl (C=O) groups is 1. The zero-order chi connectivity index (χ0) is 22.1. The molecular formula is C20H9Cl3FN3O2S2. The van der Waals surface area contributed by atoms with Crippen LogP contribution < -0.4 is 9.64 Å². The molecule has 0 saturated carbocycles. The fourth-order valence-electron chi connectivity index (χ4n) is 2.67. The van der Waals surface area contributed by atoms with Crippen molar-refractivity contribution in [2.75, 3.05) is 4.90 Å². The van der Waals surface area contributed by atoms with Crippen LogP contribution in [0.1, 0.15) is 5.56 Å². The molecule has 0 aliphatic carbocycles. The minimum absolute atomic E-state index is 0.142. The van der Waals surface area contributed by atoms with Crippen molar-refractivity contribution in [3.8, 4) is 11.6 Å². The van der Waals surface area contributed by atoms with Gasteiger partial charge in [-0.15, -0.1) is 0 Å². The number of nitrogens with zero attached hydrogens (tertiary/aromatic N) is 3. The van der Waals surface area contributed by atoms with Crippen LogP contribution in [0.3, 0.4) is 0 Å². The van der Waals surface area contributed by atoms with Crippen LogP contribution >= 0.6 is 58.8 Å². The van der Waals surface area contributed by atoms with E-state index >= 15 is 0 Å². The predicted molar refractivity (Wildman–Crippen MR) is 126 cm³/mol. The second-order valence-electron chi connectivity index (χ2n) is 6.08. The highest BCUT2D eigenvalue weighted by Gasteiger charge is 2.34. The summed E-state index contributed by atoms with van der Waals surface area (Å²) in [6.07, 6.45) is 2.57. The van der Waals surface area contributed by atoms with E-state index in [-0.39, 0.29) is 17.1 Å². The van der Waals surface area contributed by atoms with E-state index in [4.69, 9.17) is 51.8 Å². The normalized spacial score (nSPS) is 15.1. The largest absolute Gasteiger partial charge is 0.436 e. The van der Waals surface area contributed by atoms with Crippen molar-refractivity contribution in [2.24, 2.45) is 0 Å². The Morgan fingerprint density at radius 2 is 1.97 bits per heavy atom. The molecule has 1 aromatic heterocycles. The molecule has 0 bridgehead atoms. The van der Waals surface area contributed by atoms with E-state index < -0.39 is 5.82 Å². The summed E-state index contributed by atoms with van der Waals surface area (Å²) in [5.74, 6) is -1.07. The van der Waals surface area contributed by atoms with Crippen LogP contribution in [0.15, 0.2) is 53.6 Å². The summed E-state index contributed by atoms with van der Waals surface area (Å²) in [6.45, 7) is 0.